The topological polar surface area (TPSA) is 58.6 Å². The first-order valence-corrected chi connectivity index (χ1v) is 6.28. The zero-order chi connectivity index (χ0) is 12.4. The number of benzene rings is 1. The molecule has 0 spiro atoms. The first-order valence-electron chi connectivity index (χ1n) is 5.49. The predicted molar refractivity (Wildman–Crippen MR) is 68.0 cm³/mol. The highest BCUT2D eigenvalue weighted by atomic mass is 79.9. The fraction of sp³-hybridized carbons (Fsp3) is 0.417. The molecule has 1 aromatic rings. The van der Waals surface area contributed by atoms with Gasteiger partial charge in [-0.1, -0.05) is 22.9 Å². The van der Waals surface area contributed by atoms with Crippen LogP contribution >= 0.6 is 15.9 Å². The van der Waals surface area contributed by atoms with Gasteiger partial charge in [0, 0.05) is 11.1 Å². The van der Waals surface area contributed by atoms with Crippen LogP contribution in [0, 0.1) is 5.92 Å². The molecule has 2 rings (SSSR count). The van der Waals surface area contributed by atoms with Crippen LogP contribution in [-0.4, -0.2) is 23.7 Å². The van der Waals surface area contributed by atoms with Gasteiger partial charge in [-0.2, -0.15) is 0 Å². The molecule has 1 heterocycles. The molecule has 0 aromatic heterocycles. The van der Waals surface area contributed by atoms with Gasteiger partial charge in [-0.3, -0.25) is 4.79 Å². The monoisotopic (exact) mass is 299 g/mol. The maximum Gasteiger partial charge on any atom is 0.253 e. The first kappa shape index (κ1) is 12.4. The molecule has 1 fully saturated rings. The van der Waals surface area contributed by atoms with Gasteiger partial charge >= 0.3 is 0 Å². The van der Waals surface area contributed by atoms with Crippen molar-refractivity contribution >= 4 is 27.5 Å². The minimum absolute atomic E-state index is 0.0483. The highest BCUT2D eigenvalue weighted by Crippen LogP contribution is 2.28. The zero-order valence-corrected chi connectivity index (χ0v) is 11.0. The number of aromatic hydroxyl groups is 1. The molecule has 1 amide bonds. The lowest BCUT2D eigenvalue weighted by Gasteiger charge is -2.15. The molecule has 4 nitrogen and oxygen atoms in total. The minimum atomic E-state index is -0.423. The Morgan fingerprint density at radius 1 is 1.59 bits per heavy atom. The molecule has 5 heteroatoms. The van der Waals surface area contributed by atoms with Crippen LogP contribution < -0.4 is 5.32 Å². The summed E-state index contributed by atoms with van der Waals surface area (Å²) in [6.45, 7) is 2.60. The summed E-state index contributed by atoms with van der Waals surface area (Å²) in [4.78, 5) is 11.9. The number of halogens is 1. The summed E-state index contributed by atoms with van der Waals surface area (Å²) in [5.41, 5.74) is 0.395. The second-order valence-corrected chi connectivity index (χ2v) is 5.12. The van der Waals surface area contributed by atoms with Crippen molar-refractivity contribution in [3.8, 4) is 5.75 Å². The van der Waals surface area contributed by atoms with Crippen LogP contribution in [-0.2, 0) is 9.53 Å². The van der Waals surface area contributed by atoms with Crippen molar-refractivity contribution in [3.05, 3.63) is 22.7 Å². The van der Waals surface area contributed by atoms with Gasteiger partial charge in [0.1, 0.15) is 11.9 Å². The number of hydrogen-bond acceptors (Lipinski definition) is 3. The van der Waals surface area contributed by atoms with E-state index in [2.05, 4.69) is 21.2 Å². The van der Waals surface area contributed by atoms with Crippen molar-refractivity contribution in [1.29, 1.82) is 0 Å². The van der Waals surface area contributed by atoms with Crippen LogP contribution in [0.4, 0.5) is 5.69 Å². The van der Waals surface area contributed by atoms with Gasteiger partial charge in [0.25, 0.3) is 5.91 Å². The van der Waals surface area contributed by atoms with E-state index >= 15 is 0 Å². The third-order valence-corrected chi connectivity index (χ3v) is 3.36. The Bertz CT molecular complexity index is 436. The van der Waals surface area contributed by atoms with Crippen LogP contribution in [0.15, 0.2) is 22.7 Å². The van der Waals surface area contributed by atoms with Crippen molar-refractivity contribution in [3.63, 3.8) is 0 Å². The van der Waals surface area contributed by atoms with Gasteiger partial charge in [-0.05, 0) is 30.5 Å². The van der Waals surface area contributed by atoms with E-state index in [4.69, 9.17) is 4.74 Å². The molecule has 1 aliphatic rings. The number of carbonyl (C=O) groups excluding carboxylic acids is 1. The number of phenolic OH excluding ortho intramolecular Hbond substituents is 1. The number of phenols is 1. The van der Waals surface area contributed by atoms with Crippen molar-refractivity contribution in [2.24, 2.45) is 5.92 Å². The van der Waals surface area contributed by atoms with Crippen LogP contribution in [0.5, 0.6) is 5.75 Å². The summed E-state index contributed by atoms with van der Waals surface area (Å²) in [6, 6.07) is 4.89. The first-order chi connectivity index (χ1) is 8.08. The van der Waals surface area contributed by atoms with Gasteiger partial charge in [-0.25, -0.2) is 0 Å². The van der Waals surface area contributed by atoms with Crippen molar-refractivity contribution in [2.45, 2.75) is 19.4 Å². The van der Waals surface area contributed by atoms with E-state index < -0.39 is 6.10 Å². The average Bonchev–Trinajstić information content (AvgIpc) is 2.70. The van der Waals surface area contributed by atoms with Gasteiger partial charge in [0.15, 0.2) is 0 Å². The normalized spacial score (nSPS) is 23.6. The van der Waals surface area contributed by atoms with E-state index in [1.165, 1.54) is 6.07 Å². The largest absolute Gasteiger partial charge is 0.506 e. The maximum absolute atomic E-state index is 11.9. The van der Waals surface area contributed by atoms with E-state index in [0.29, 0.717) is 12.3 Å². The molecule has 1 aliphatic heterocycles. The number of amides is 1. The van der Waals surface area contributed by atoms with Gasteiger partial charge < -0.3 is 15.2 Å². The fourth-order valence-corrected chi connectivity index (χ4v) is 2.20. The van der Waals surface area contributed by atoms with Crippen molar-refractivity contribution < 1.29 is 14.6 Å². The summed E-state index contributed by atoms with van der Waals surface area (Å²) in [7, 11) is 0. The second kappa shape index (κ2) is 5.06. The van der Waals surface area contributed by atoms with Crippen molar-refractivity contribution in [2.75, 3.05) is 11.9 Å². The molecule has 0 aliphatic carbocycles. The Hall–Kier alpha value is -1.07. The molecule has 0 saturated carbocycles. The smallest absolute Gasteiger partial charge is 0.253 e. The summed E-state index contributed by atoms with van der Waals surface area (Å²) >= 11 is 3.29. The highest BCUT2D eigenvalue weighted by molar-refractivity contribution is 9.10. The van der Waals surface area contributed by atoms with E-state index in [-0.39, 0.29) is 17.6 Å². The average molecular weight is 300 g/mol. The van der Waals surface area contributed by atoms with Crippen LogP contribution in [0.3, 0.4) is 0 Å². The molecule has 0 bridgehead atoms. The van der Waals surface area contributed by atoms with Crippen LogP contribution in [0.25, 0.3) is 0 Å². The molecular weight excluding hydrogens is 286 g/mol. The van der Waals surface area contributed by atoms with Crippen LogP contribution in [0.1, 0.15) is 13.3 Å². The molecule has 0 unspecified atom stereocenters. The van der Waals surface area contributed by atoms with Gasteiger partial charge in [0.05, 0.1) is 5.69 Å². The number of carbonyl (C=O) groups is 1. The Morgan fingerprint density at radius 3 is 3.00 bits per heavy atom. The summed E-state index contributed by atoms with van der Waals surface area (Å²) in [5.74, 6) is 0.0555. The minimum Gasteiger partial charge on any atom is -0.506 e. The Kier molecular flexibility index (Phi) is 3.69. The molecule has 17 heavy (non-hydrogen) atoms. The van der Waals surface area contributed by atoms with E-state index in [9.17, 15) is 9.90 Å². The second-order valence-electron chi connectivity index (χ2n) is 4.21. The molecule has 0 radical (unpaired) electrons. The zero-order valence-electron chi connectivity index (χ0n) is 9.44. The number of nitrogens with one attached hydrogen (secondary N) is 1. The SMILES string of the molecule is C[C@H]1CCO[C@@H]1C(=O)Nc1cc(Br)ccc1O. The predicted octanol–water partition coefficient (Wildman–Crippen LogP) is 2.52. The number of rotatable bonds is 2. The summed E-state index contributed by atoms with van der Waals surface area (Å²) in [6.07, 6.45) is 0.469. The molecule has 1 saturated heterocycles. The Balaban J connectivity index is 2.10. The van der Waals surface area contributed by atoms with Gasteiger partial charge in [-0.15, -0.1) is 0 Å². The van der Waals surface area contributed by atoms with Gasteiger partial charge in [0.2, 0.25) is 0 Å². The van der Waals surface area contributed by atoms with E-state index in [0.717, 1.165) is 10.9 Å². The molecule has 2 atom stereocenters. The molecular formula is C12H14BrNO3. The van der Waals surface area contributed by atoms with E-state index in [1.807, 2.05) is 6.92 Å². The number of hydrogen-bond donors (Lipinski definition) is 2. The lowest BCUT2D eigenvalue weighted by Crippen LogP contribution is -2.31. The Labute approximate surface area is 108 Å². The standard InChI is InChI=1S/C12H14BrNO3/c1-7-4-5-17-11(7)12(16)14-9-6-8(13)2-3-10(9)15/h2-3,6-7,11,15H,4-5H2,1H3,(H,14,16)/t7-,11-/m0/s1. The Morgan fingerprint density at radius 2 is 2.35 bits per heavy atom. The van der Waals surface area contributed by atoms with Crippen LogP contribution in [0.2, 0.25) is 0 Å². The maximum atomic E-state index is 11.9. The molecule has 1 aromatic carbocycles. The quantitative estimate of drug-likeness (QED) is 0.825. The third-order valence-electron chi connectivity index (χ3n) is 2.86. The van der Waals surface area contributed by atoms with Crippen molar-refractivity contribution in [1.82, 2.24) is 0 Å². The lowest BCUT2D eigenvalue weighted by atomic mass is 10.0. The molecule has 2 N–H and O–H groups in total. The third kappa shape index (κ3) is 2.79. The summed E-state index contributed by atoms with van der Waals surface area (Å²) in [5, 5.41) is 12.3. The fourth-order valence-electron chi connectivity index (χ4n) is 1.84. The number of anilines is 1. The number of ether oxygens (including phenoxy) is 1. The summed E-state index contributed by atoms with van der Waals surface area (Å²) < 4.78 is 6.16. The highest BCUT2D eigenvalue weighted by Gasteiger charge is 2.31. The van der Waals surface area contributed by atoms with E-state index in [1.54, 1.807) is 12.1 Å². The molecule has 92 valence electrons. The lowest BCUT2D eigenvalue weighted by molar-refractivity contribution is -0.126.